The van der Waals surface area contributed by atoms with Crippen LogP contribution in [0, 0.1) is 0 Å². The van der Waals surface area contributed by atoms with E-state index in [1.165, 1.54) is 21.3 Å². The molecule has 10 nitrogen and oxygen atoms in total. The van der Waals surface area contributed by atoms with Crippen molar-refractivity contribution in [1.29, 1.82) is 0 Å². The van der Waals surface area contributed by atoms with Crippen LogP contribution in [-0.4, -0.2) is 56.2 Å². The van der Waals surface area contributed by atoms with Crippen LogP contribution in [0.4, 0.5) is 4.79 Å². The summed E-state index contributed by atoms with van der Waals surface area (Å²) < 4.78 is 27.5. The number of alkyl carbamates (subject to hydrolysis) is 1. The molecule has 0 saturated carbocycles. The molecule has 0 aromatic heterocycles. The zero-order chi connectivity index (χ0) is 29.4. The Morgan fingerprint density at radius 1 is 0.897 bits per heavy atom. The van der Waals surface area contributed by atoms with Gasteiger partial charge in [0, 0.05) is 23.4 Å². The number of thioether (sulfide) groups is 1. The van der Waals surface area contributed by atoms with Gasteiger partial charge in [-0.25, -0.2) is 9.59 Å². The van der Waals surface area contributed by atoms with Crippen molar-refractivity contribution < 1.29 is 38.1 Å². The normalized spacial score (nSPS) is 13.0. The van der Waals surface area contributed by atoms with Gasteiger partial charge in [-0.05, 0) is 40.2 Å². The zero-order valence-electron chi connectivity index (χ0n) is 23.7. The van der Waals surface area contributed by atoms with Crippen molar-refractivity contribution in [3.8, 4) is 17.2 Å². The second kappa shape index (κ2) is 13.5. The first-order valence-corrected chi connectivity index (χ1v) is 13.2. The number of primary amides is 1. The van der Waals surface area contributed by atoms with Gasteiger partial charge in [0.2, 0.25) is 5.91 Å². The molecule has 0 saturated heterocycles. The first-order valence-electron chi connectivity index (χ1n) is 12.2. The molecule has 0 radical (unpaired) electrons. The minimum Gasteiger partial charge on any atom is -0.496 e. The summed E-state index contributed by atoms with van der Waals surface area (Å²) in [5.41, 5.74) is 5.18. The smallest absolute Gasteiger partial charge is 0.408 e. The van der Waals surface area contributed by atoms with E-state index in [2.05, 4.69) is 5.32 Å². The van der Waals surface area contributed by atoms with Crippen molar-refractivity contribution in [2.45, 2.75) is 62.9 Å². The van der Waals surface area contributed by atoms with Crippen LogP contribution in [0.2, 0.25) is 0 Å². The van der Waals surface area contributed by atoms with E-state index in [9.17, 15) is 14.4 Å². The maximum absolute atomic E-state index is 13.5. The molecule has 0 aliphatic carbocycles. The Bertz CT molecular complexity index is 1120. The van der Waals surface area contributed by atoms with Crippen LogP contribution in [-0.2, 0) is 30.4 Å². The fraction of sp³-hybridized carbons (Fsp3) is 0.464. The number of nitrogens with two attached hydrogens (primary N) is 1. The number of carbonyl (C=O) groups excluding carboxylic acids is 3. The first-order chi connectivity index (χ1) is 18.2. The molecule has 2 aromatic rings. The first kappa shape index (κ1) is 31.6. The number of rotatable bonds is 12. The highest BCUT2D eigenvalue weighted by Crippen LogP contribution is 2.38. The Labute approximate surface area is 233 Å². The molecule has 2 amide bonds. The Hall–Kier alpha value is -3.60. The molecule has 3 N–H and O–H groups in total. The molecule has 0 spiro atoms. The van der Waals surface area contributed by atoms with Crippen molar-refractivity contribution in [1.82, 2.24) is 5.32 Å². The second-order valence-electron chi connectivity index (χ2n) is 10.1. The Morgan fingerprint density at radius 2 is 1.46 bits per heavy atom. The lowest BCUT2D eigenvalue weighted by Crippen LogP contribution is -2.54. The van der Waals surface area contributed by atoms with Gasteiger partial charge in [-0.1, -0.05) is 30.3 Å². The predicted octanol–water partition coefficient (Wildman–Crippen LogP) is 4.17. The average molecular weight is 563 g/mol. The second-order valence-corrected chi connectivity index (χ2v) is 11.2. The molecule has 0 fully saturated rings. The summed E-state index contributed by atoms with van der Waals surface area (Å²) in [5, 5.41) is 1.27. The number of hydrogen-bond donors (Lipinski definition) is 2. The minimum absolute atomic E-state index is 0.145. The van der Waals surface area contributed by atoms with Gasteiger partial charge in [0.25, 0.3) is 0 Å². The summed E-state index contributed by atoms with van der Waals surface area (Å²) in [5.74, 6) is -0.120. The van der Waals surface area contributed by atoms with E-state index in [0.29, 0.717) is 22.8 Å². The number of ether oxygens (including phenoxy) is 5. The highest BCUT2D eigenvalue weighted by molar-refractivity contribution is 7.99. The van der Waals surface area contributed by atoms with Crippen LogP contribution in [0.5, 0.6) is 17.2 Å². The number of nitrogens with one attached hydrogen (secondary N) is 1. The SMILES string of the molecule is COc1cc(OC)c(CS[C@H](C(N)=O)[C@H](NC(=O)OC(C)(C)C)C(=O)OC(C)(C)c2ccccc2)c(OC)c1. The summed E-state index contributed by atoms with van der Waals surface area (Å²) in [4.78, 5) is 39.0. The minimum atomic E-state index is -1.46. The highest BCUT2D eigenvalue weighted by Gasteiger charge is 2.40. The van der Waals surface area contributed by atoms with E-state index in [0.717, 1.165) is 17.3 Å². The standard InChI is InChI=1S/C28H38N2O8S/c1-27(2,3)38-26(33)30-22(25(32)37-28(4,5)17-12-10-9-11-13-17)23(24(29)31)39-16-19-20(35-7)14-18(34-6)15-21(19)36-8/h9-15,22-23H,16H2,1-8H3,(H2,29,31)(H,30,33)/t22-,23-/m0/s1. The Kier molecular flexibility index (Phi) is 10.9. The maximum atomic E-state index is 13.5. The van der Waals surface area contributed by atoms with Crippen molar-refractivity contribution in [2.75, 3.05) is 21.3 Å². The van der Waals surface area contributed by atoms with Gasteiger partial charge in [-0.3, -0.25) is 4.79 Å². The van der Waals surface area contributed by atoms with E-state index in [1.807, 2.05) is 30.3 Å². The third-order valence-corrected chi connectivity index (χ3v) is 6.88. The molecule has 0 unspecified atom stereocenters. The number of amides is 2. The number of carbonyl (C=O) groups is 3. The van der Waals surface area contributed by atoms with Crippen LogP contribution in [0.25, 0.3) is 0 Å². The summed E-state index contributed by atoms with van der Waals surface area (Å²) in [6, 6.07) is 11.0. The van der Waals surface area contributed by atoms with Crippen LogP contribution >= 0.6 is 11.8 Å². The summed E-state index contributed by atoms with van der Waals surface area (Å²) in [6.07, 6.45) is -0.895. The van der Waals surface area contributed by atoms with E-state index in [-0.39, 0.29) is 5.75 Å². The van der Waals surface area contributed by atoms with Crippen LogP contribution in [0.1, 0.15) is 45.7 Å². The molecule has 0 aliphatic heterocycles. The fourth-order valence-corrected chi connectivity index (χ4v) is 4.81. The summed E-state index contributed by atoms with van der Waals surface area (Å²) >= 11 is 1.03. The predicted molar refractivity (Wildman–Crippen MR) is 149 cm³/mol. The van der Waals surface area contributed by atoms with Gasteiger partial charge >= 0.3 is 12.1 Å². The Morgan fingerprint density at radius 3 is 1.92 bits per heavy atom. The monoisotopic (exact) mass is 562 g/mol. The molecule has 11 heteroatoms. The van der Waals surface area contributed by atoms with E-state index < -0.39 is 40.5 Å². The molecule has 2 rings (SSSR count). The van der Waals surface area contributed by atoms with Crippen LogP contribution in [0.3, 0.4) is 0 Å². The number of hydrogen-bond acceptors (Lipinski definition) is 9. The van der Waals surface area contributed by atoms with Crippen LogP contribution < -0.4 is 25.3 Å². The molecule has 0 bridgehead atoms. The summed E-state index contributed by atoms with van der Waals surface area (Å²) in [7, 11) is 4.49. The quantitative estimate of drug-likeness (QED) is 0.365. The van der Waals surface area contributed by atoms with Crippen molar-refractivity contribution in [3.05, 3.63) is 53.6 Å². The van der Waals surface area contributed by atoms with E-state index >= 15 is 0 Å². The van der Waals surface area contributed by atoms with Gasteiger partial charge < -0.3 is 34.7 Å². The fourth-order valence-electron chi connectivity index (χ4n) is 3.64. The molecule has 0 heterocycles. The molecule has 39 heavy (non-hydrogen) atoms. The van der Waals surface area contributed by atoms with Crippen molar-refractivity contribution in [2.24, 2.45) is 5.73 Å². The lowest BCUT2D eigenvalue weighted by atomic mass is 9.98. The lowest BCUT2D eigenvalue weighted by molar-refractivity contribution is -0.160. The molecular weight excluding hydrogens is 524 g/mol. The molecular formula is C28H38N2O8S. The highest BCUT2D eigenvalue weighted by atomic mass is 32.2. The molecule has 0 aliphatic rings. The van der Waals surface area contributed by atoms with Gasteiger partial charge in [0.05, 0.1) is 21.3 Å². The number of esters is 1. The van der Waals surface area contributed by atoms with Crippen molar-refractivity contribution >= 4 is 29.7 Å². The maximum Gasteiger partial charge on any atom is 0.408 e. The largest absolute Gasteiger partial charge is 0.496 e. The third-order valence-electron chi connectivity index (χ3n) is 5.56. The lowest BCUT2D eigenvalue weighted by Gasteiger charge is -2.31. The molecule has 2 aromatic carbocycles. The average Bonchev–Trinajstić information content (AvgIpc) is 2.86. The molecule has 214 valence electrons. The topological polar surface area (TPSA) is 135 Å². The van der Waals surface area contributed by atoms with E-state index in [1.54, 1.807) is 46.8 Å². The van der Waals surface area contributed by atoms with Gasteiger partial charge in [-0.15, -0.1) is 11.8 Å². The van der Waals surface area contributed by atoms with E-state index in [4.69, 9.17) is 29.4 Å². The number of methoxy groups -OCH3 is 3. The summed E-state index contributed by atoms with van der Waals surface area (Å²) in [6.45, 7) is 8.47. The van der Waals surface area contributed by atoms with Crippen LogP contribution in [0.15, 0.2) is 42.5 Å². The Balaban J connectivity index is 2.42. The zero-order valence-corrected chi connectivity index (χ0v) is 24.5. The van der Waals surface area contributed by atoms with Gasteiger partial charge in [0.1, 0.15) is 33.7 Å². The third kappa shape index (κ3) is 8.98. The number of benzene rings is 2. The van der Waals surface area contributed by atoms with Gasteiger partial charge in [-0.2, -0.15) is 0 Å². The van der Waals surface area contributed by atoms with Gasteiger partial charge in [0.15, 0.2) is 6.04 Å². The molecule has 2 atom stereocenters. The van der Waals surface area contributed by atoms with Crippen molar-refractivity contribution in [3.63, 3.8) is 0 Å².